The Kier molecular flexibility index (Phi) is 5.73. The van der Waals surface area contributed by atoms with E-state index in [0.29, 0.717) is 0 Å². The third-order valence-corrected chi connectivity index (χ3v) is 20.8. The first kappa shape index (κ1) is 21.1. The van der Waals surface area contributed by atoms with Crippen LogP contribution >= 0.6 is 24.8 Å². The van der Waals surface area contributed by atoms with Crippen molar-refractivity contribution in [2.75, 3.05) is 0 Å². The summed E-state index contributed by atoms with van der Waals surface area (Å²) in [6.07, 6.45) is 0. The van der Waals surface area contributed by atoms with Crippen LogP contribution in [0, 0.1) is 0 Å². The van der Waals surface area contributed by atoms with Gasteiger partial charge in [0, 0.05) is 0 Å². The summed E-state index contributed by atoms with van der Waals surface area (Å²) in [5.41, 5.74) is 12.9. The molecule has 5 rings (SSSR count). The van der Waals surface area contributed by atoms with E-state index in [1.54, 1.807) is 41.7 Å². The van der Waals surface area contributed by atoms with Crippen LogP contribution in [0.25, 0.3) is 11.1 Å². The van der Waals surface area contributed by atoms with E-state index >= 15 is 0 Å². The van der Waals surface area contributed by atoms with Gasteiger partial charge < -0.3 is 0 Å². The summed E-state index contributed by atoms with van der Waals surface area (Å²) in [6, 6.07) is 18.5. The molecule has 142 valence electrons. The SMILES string of the molecule is CC1=C(C)[CH]([Zr]2([CH]3C(C)=C(C)c4ccccc43)[CH2][CH2]2)c2ccccc21.Cl.Cl. The predicted octanol–water partition coefficient (Wildman–Crippen LogP) is 7.93. The summed E-state index contributed by atoms with van der Waals surface area (Å²) in [4.78, 5) is 0. The molecule has 1 heterocycles. The molecule has 2 aromatic carbocycles. The molecule has 3 heteroatoms. The molecule has 0 radical (unpaired) electrons. The molecule has 2 aliphatic carbocycles. The maximum Gasteiger partial charge on any atom is -0.147 e. The van der Waals surface area contributed by atoms with E-state index in [2.05, 4.69) is 76.2 Å². The minimum Gasteiger partial charge on any atom is -0.147 e. The van der Waals surface area contributed by atoms with Crippen LogP contribution in [0.15, 0.2) is 59.7 Å². The molecule has 0 N–H and O–H groups in total. The summed E-state index contributed by atoms with van der Waals surface area (Å²) in [6.45, 7) is 9.58. The van der Waals surface area contributed by atoms with Crippen molar-refractivity contribution in [3.05, 3.63) is 81.9 Å². The van der Waals surface area contributed by atoms with Gasteiger partial charge in [0.15, 0.2) is 0 Å². The van der Waals surface area contributed by atoms with Gasteiger partial charge in [-0.2, -0.15) is 0 Å². The molecule has 0 spiro atoms. The number of allylic oxidation sites excluding steroid dienone is 4. The molecule has 0 amide bonds. The number of hydrogen-bond acceptors (Lipinski definition) is 0. The van der Waals surface area contributed by atoms with Gasteiger partial charge >= 0.3 is 157 Å². The standard InChI is InChI=1S/2C11H11.C2H4.2ClH.Zr/c2*1-8-7-10-5-3-4-6-11(10)9(8)2;1-2;;;/h2*3-7H,1-2H3;1-2H2;2*1H;. The average molecular weight is 479 g/mol. The van der Waals surface area contributed by atoms with Crippen LogP contribution in [0.5, 0.6) is 0 Å². The van der Waals surface area contributed by atoms with Gasteiger partial charge in [0.2, 0.25) is 0 Å². The number of benzene rings is 2. The maximum atomic E-state index is 2.43. The van der Waals surface area contributed by atoms with Crippen LogP contribution in [0.2, 0.25) is 8.26 Å². The molecule has 2 unspecified atom stereocenters. The van der Waals surface area contributed by atoms with E-state index in [9.17, 15) is 0 Å². The molecular formula is C24H28Cl2Zr. The topological polar surface area (TPSA) is 0 Å². The number of hydrogen-bond donors (Lipinski definition) is 0. The zero-order chi connectivity index (χ0) is 17.3. The van der Waals surface area contributed by atoms with Crippen LogP contribution in [-0.2, 0) is 20.3 Å². The van der Waals surface area contributed by atoms with Gasteiger partial charge in [-0.25, -0.2) is 0 Å². The Morgan fingerprint density at radius 1 is 0.630 bits per heavy atom. The first-order valence-corrected chi connectivity index (χ1v) is 15.9. The Morgan fingerprint density at radius 3 is 1.37 bits per heavy atom. The summed E-state index contributed by atoms with van der Waals surface area (Å²) < 4.78 is 4.71. The number of halogens is 2. The van der Waals surface area contributed by atoms with Crippen molar-refractivity contribution in [3.8, 4) is 0 Å². The Bertz CT molecular complexity index is 890. The zero-order valence-corrected chi connectivity index (χ0v) is 20.6. The van der Waals surface area contributed by atoms with Gasteiger partial charge in [-0.05, 0) is 0 Å². The van der Waals surface area contributed by atoms with Crippen LogP contribution in [0.1, 0.15) is 57.2 Å². The fourth-order valence-electron chi connectivity index (χ4n) is 5.87. The van der Waals surface area contributed by atoms with Crippen molar-refractivity contribution < 1.29 is 20.3 Å². The predicted molar refractivity (Wildman–Crippen MR) is 119 cm³/mol. The van der Waals surface area contributed by atoms with Crippen molar-refractivity contribution in [2.24, 2.45) is 0 Å². The third kappa shape index (κ3) is 2.80. The summed E-state index contributed by atoms with van der Waals surface area (Å²) >= 11 is -2.34. The van der Waals surface area contributed by atoms with Crippen LogP contribution in [0.3, 0.4) is 0 Å². The number of fused-ring (bicyclic) bond motifs is 2. The molecule has 27 heavy (non-hydrogen) atoms. The van der Waals surface area contributed by atoms with Crippen LogP contribution in [0.4, 0.5) is 0 Å². The molecule has 1 aliphatic heterocycles. The number of rotatable bonds is 2. The Morgan fingerprint density at radius 2 is 1.00 bits per heavy atom. The Labute approximate surface area is 180 Å². The molecule has 0 aromatic heterocycles. The zero-order valence-electron chi connectivity index (χ0n) is 16.5. The normalized spacial score (nSPS) is 24.1. The smallest absolute Gasteiger partial charge is 0.147 e. The molecule has 0 bridgehead atoms. The van der Waals surface area contributed by atoms with E-state index in [4.69, 9.17) is 0 Å². The van der Waals surface area contributed by atoms with E-state index in [0.717, 1.165) is 7.25 Å². The Balaban J connectivity index is 0.00000105. The summed E-state index contributed by atoms with van der Waals surface area (Å²) in [5, 5.41) is 0. The van der Waals surface area contributed by atoms with Gasteiger partial charge in [0.25, 0.3) is 0 Å². The summed E-state index contributed by atoms with van der Waals surface area (Å²) in [5.74, 6) is 0. The molecule has 2 atom stereocenters. The van der Waals surface area contributed by atoms with Crippen molar-refractivity contribution in [3.63, 3.8) is 0 Å². The van der Waals surface area contributed by atoms with Gasteiger partial charge in [-0.15, -0.1) is 24.8 Å². The quantitative estimate of drug-likeness (QED) is 0.411. The third-order valence-electron chi connectivity index (χ3n) is 7.38. The monoisotopic (exact) mass is 476 g/mol. The van der Waals surface area contributed by atoms with Gasteiger partial charge in [-0.1, -0.05) is 0 Å². The van der Waals surface area contributed by atoms with E-state index in [-0.39, 0.29) is 24.8 Å². The van der Waals surface area contributed by atoms with Crippen molar-refractivity contribution in [1.82, 2.24) is 0 Å². The van der Waals surface area contributed by atoms with Gasteiger partial charge in [0.1, 0.15) is 0 Å². The second kappa shape index (κ2) is 7.33. The molecule has 2 aromatic rings. The molecule has 1 saturated heterocycles. The van der Waals surface area contributed by atoms with Crippen molar-refractivity contribution in [1.29, 1.82) is 0 Å². The average Bonchev–Trinajstić information content (AvgIpc) is 3.31. The molecular weight excluding hydrogens is 450 g/mol. The second-order valence-electron chi connectivity index (χ2n) is 8.39. The van der Waals surface area contributed by atoms with Gasteiger partial charge in [0.05, 0.1) is 0 Å². The summed E-state index contributed by atoms with van der Waals surface area (Å²) in [7, 11) is 0. The van der Waals surface area contributed by atoms with E-state index in [1.807, 2.05) is 0 Å². The minimum absolute atomic E-state index is 0. The molecule has 0 saturated carbocycles. The van der Waals surface area contributed by atoms with Crippen molar-refractivity contribution in [2.45, 2.75) is 43.2 Å². The molecule has 0 nitrogen and oxygen atoms in total. The van der Waals surface area contributed by atoms with E-state index < -0.39 is 20.3 Å². The Hall–Kier alpha value is -0.617. The van der Waals surface area contributed by atoms with Crippen molar-refractivity contribution >= 4 is 36.0 Å². The maximum absolute atomic E-state index is 2.43. The minimum atomic E-state index is -2.34. The molecule has 3 aliphatic rings. The fraction of sp³-hybridized carbons (Fsp3) is 0.333. The first-order chi connectivity index (χ1) is 12.1. The fourth-order valence-corrected chi connectivity index (χ4v) is 24.0. The largest absolute Gasteiger partial charge is 0.147 e. The van der Waals surface area contributed by atoms with Crippen LogP contribution < -0.4 is 0 Å². The first-order valence-electron chi connectivity index (χ1n) is 9.59. The van der Waals surface area contributed by atoms with E-state index in [1.165, 1.54) is 11.1 Å². The second-order valence-corrected chi connectivity index (χ2v) is 19.7. The van der Waals surface area contributed by atoms with Crippen LogP contribution in [-0.4, -0.2) is 0 Å². The van der Waals surface area contributed by atoms with Gasteiger partial charge in [-0.3, -0.25) is 0 Å². The molecule has 1 fully saturated rings.